The number of benzene rings is 2. The number of halogens is 1. The highest BCUT2D eigenvalue weighted by atomic mass is 19.1. The number of aromatic nitrogens is 1. The van der Waals surface area contributed by atoms with Crippen molar-refractivity contribution >= 4 is 16.8 Å². The van der Waals surface area contributed by atoms with E-state index in [1.54, 1.807) is 31.3 Å². The van der Waals surface area contributed by atoms with Crippen molar-refractivity contribution in [1.29, 1.82) is 0 Å². The molecule has 0 amide bonds. The van der Waals surface area contributed by atoms with Crippen molar-refractivity contribution in [3.8, 4) is 0 Å². The quantitative estimate of drug-likeness (QED) is 0.748. The first-order valence-corrected chi connectivity index (χ1v) is 9.46. The van der Waals surface area contributed by atoms with Crippen LogP contribution in [0.25, 0.3) is 11.1 Å². The van der Waals surface area contributed by atoms with Gasteiger partial charge in [-0.3, -0.25) is 9.47 Å². The summed E-state index contributed by atoms with van der Waals surface area (Å²) in [6.07, 6.45) is -0.688. The van der Waals surface area contributed by atoms with E-state index in [-0.39, 0.29) is 11.9 Å². The molecule has 4 rings (SSSR count). The molecule has 6 nitrogen and oxygen atoms in total. The van der Waals surface area contributed by atoms with Crippen molar-refractivity contribution in [3.05, 3.63) is 64.4 Å². The van der Waals surface area contributed by atoms with Crippen molar-refractivity contribution in [2.24, 2.45) is 7.05 Å². The molecule has 0 unspecified atom stereocenters. The second kappa shape index (κ2) is 7.41. The summed E-state index contributed by atoms with van der Waals surface area (Å²) in [4.78, 5) is 16.1. The number of fused-ring (bicyclic) bond motifs is 1. The Hall–Kier alpha value is -2.64. The minimum atomic E-state index is -0.688. The predicted octanol–water partition coefficient (Wildman–Crippen LogP) is 2.51. The summed E-state index contributed by atoms with van der Waals surface area (Å²) in [5.74, 6) is -0.642. The molecule has 28 heavy (non-hydrogen) atoms. The fourth-order valence-electron chi connectivity index (χ4n) is 3.85. The lowest BCUT2D eigenvalue weighted by molar-refractivity contribution is 0.0546. The minimum Gasteiger partial charge on any atom is -0.408 e. The third kappa shape index (κ3) is 3.43. The molecule has 1 aliphatic heterocycles. The van der Waals surface area contributed by atoms with Crippen molar-refractivity contribution in [3.63, 3.8) is 0 Å². The van der Waals surface area contributed by atoms with Crippen LogP contribution in [0.15, 0.2) is 51.7 Å². The van der Waals surface area contributed by atoms with E-state index in [0.29, 0.717) is 11.1 Å². The first kappa shape index (κ1) is 18.7. The van der Waals surface area contributed by atoms with Crippen LogP contribution in [-0.2, 0) is 7.05 Å². The maximum atomic E-state index is 13.1. The van der Waals surface area contributed by atoms with Crippen LogP contribution in [0.2, 0.25) is 0 Å². The molecule has 2 aromatic carbocycles. The molecule has 0 radical (unpaired) electrons. The Morgan fingerprint density at radius 3 is 2.43 bits per heavy atom. The van der Waals surface area contributed by atoms with Crippen LogP contribution in [0.1, 0.15) is 18.6 Å². The van der Waals surface area contributed by atoms with Gasteiger partial charge < -0.3 is 14.4 Å². The van der Waals surface area contributed by atoms with Crippen molar-refractivity contribution in [2.75, 3.05) is 31.1 Å². The monoisotopic (exact) mass is 385 g/mol. The third-order valence-corrected chi connectivity index (χ3v) is 5.70. The summed E-state index contributed by atoms with van der Waals surface area (Å²) in [6.45, 7) is 5.24. The lowest BCUT2D eigenvalue weighted by Gasteiger charge is -2.40. The van der Waals surface area contributed by atoms with Crippen molar-refractivity contribution < 1.29 is 13.9 Å². The van der Waals surface area contributed by atoms with Gasteiger partial charge in [0.2, 0.25) is 0 Å². The summed E-state index contributed by atoms with van der Waals surface area (Å²) in [5, 5.41) is 10.9. The first-order chi connectivity index (χ1) is 13.4. The highest BCUT2D eigenvalue weighted by Gasteiger charge is 2.27. The fraction of sp³-hybridized carbons (Fsp3) is 0.381. The third-order valence-electron chi connectivity index (χ3n) is 5.70. The zero-order chi connectivity index (χ0) is 19.8. The molecule has 2 atom stereocenters. The van der Waals surface area contributed by atoms with Gasteiger partial charge in [-0.25, -0.2) is 9.18 Å². The number of aryl methyl sites for hydroxylation is 1. The van der Waals surface area contributed by atoms with Gasteiger partial charge in [0, 0.05) is 45.0 Å². The number of nitrogens with zero attached hydrogens (tertiary/aromatic N) is 3. The summed E-state index contributed by atoms with van der Waals surface area (Å²) in [5.41, 5.74) is 2.94. The maximum Gasteiger partial charge on any atom is 0.419 e. The first-order valence-electron chi connectivity index (χ1n) is 9.46. The van der Waals surface area contributed by atoms with Crippen LogP contribution in [0.5, 0.6) is 0 Å². The molecular formula is C21H24FN3O3. The Labute approximate surface area is 162 Å². The van der Waals surface area contributed by atoms with E-state index in [1.165, 1.54) is 16.7 Å². The van der Waals surface area contributed by atoms with Crippen LogP contribution in [-0.4, -0.2) is 46.8 Å². The van der Waals surface area contributed by atoms with Gasteiger partial charge in [0.05, 0.1) is 11.6 Å². The van der Waals surface area contributed by atoms with Gasteiger partial charge in [-0.15, -0.1) is 0 Å². The molecule has 1 aromatic heterocycles. The second-order valence-corrected chi connectivity index (χ2v) is 7.34. The van der Waals surface area contributed by atoms with Crippen LogP contribution in [0, 0.1) is 5.82 Å². The molecule has 3 aromatic rings. The van der Waals surface area contributed by atoms with E-state index in [4.69, 9.17) is 4.42 Å². The van der Waals surface area contributed by atoms with Gasteiger partial charge in [0.1, 0.15) is 5.82 Å². The lowest BCUT2D eigenvalue weighted by atomic mass is 10.0. The lowest BCUT2D eigenvalue weighted by Crippen LogP contribution is -2.51. The topological polar surface area (TPSA) is 61.9 Å². The standard InChI is InChI=1S/C21H24FN3O3/c1-14(20(26)15-3-8-18-19(13-15)28-21(27)23(18)2)24-9-11-25(12-10-24)17-6-4-16(22)5-7-17/h3-8,13-14,20,26H,9-12H2,1-2H3/t14-,20+/m1/s1. The smallest absolute Gasteiger partial charge is 0.408 e. The number of aliphatic hydroxyl groups excluding tert-OH is 1. The SMILES string of the molecule is C[C@H]([C@H](O)c1ccc2c(c1)oc(=O)n2C)N1CCN(c2ccc(F)cc2)CC1. The average Bonchev–Trinajstić information content (AvgIpc) is 3.01. The highest BCUT2D eigenvalue weighted by Crippen LogP contribution is 2.26. The zero-order valence-corrected chi connectivity index (χ0v) is 16.0. The van der Waals surface area contributed by atoms with Gasteiger partial charge in [0.15, 0.2) is 5.58 Å². The van der Waals surface area contributed by atoms with Crippen LogP contribution in [0.4, 0.5) is 10.1 Å². The Kier molecular flexibility index (Phi) is 4.95. The zero-order valence-electron chi connectivity index (χ0n) is 16.0. The number of hydrogen-bond donors (Lipinski definition) is 1. The fourth-order valence-corrected chi connectivity index (χ4v) is 3.85. The number of rotatable bonds is 4. The van der Waals surface area contributed by atoms with Gasteiger partial charge in [0.25, 0.3) is 0 Å². The highest BCUT2D eigenvalue weighted by molar-refractivity contribution is 5.73. The molecular weight excluding hydrogens is 361 g/mol. The van der Waals surface area contributed by atoms with E-state index in [1.807, 2.05) is 13.0 Å². The molecule has 0 bridgehead atoms. The molecule has 1 saturated heterocycles. The Bertz CT molecular complexity index is 1020. The molecule has 0 spiro atoms. The maximum absolute atomic E-state index is 13.1. The molecule has 1 fully saturated rings. The van der Waals surface area contributed by atoms with E-state index in [2.05, 4.69) is 9.80 Å². The molecule has 0 saturated carbocycles. The Morgan fingerprint density at radius 1 is 1.07 bits per heavy atom. The molecule has 0 aliphatic carbocycles. The number of anilines is 1. The largest absolute Gasteiger partial charge is 0.419 e. The van der Waals surface area contributed by atoms with Gasteiger partial charge in [-0.05, 0) is 48.9 Å². The predicted molar refractivity (Wildman–Crippen MR) is 106 cm³/mol. The van der Waals surface area contributed by atoms with E-state index >= 15 is 0 Å². The van der Waals surface area contributed by atoms with Gasteiger partial charge >= 0.3 is 5.76 Å². The van der Waals surface area contributed by atoms with Crippen molar-refractivity contribution in [2.45, 2.75) is 19.1 Å². The number of hydrogen-bond acceptors (Lipinski definition) is 5. The molecule has 2 heterocycles. The number of piperazine rings is 1. The Balaban J connectivity index is 1.44. The van der Waals surface area contributed by atoms with E-state index in [9.17, 15) is 14.3 Å². The normalized spacial score (nSPS) is 17.8. The molecule has 148 valence electrons. The average molecular weight is 385 g/mol. The summed E-state index contributed by atoms with van der Waals surface area (Å²) in [6, 6.07) is 11.9. The van der Waals surface area contributed by atoms with Crippen LogP contribution < -0.4 is 10.7 Å². The molecule has 7 heteroatoms. The number of oxazole rings is 1. The van der Waals surface area contributed by atoms with E-state index in [0.717, 1.165) is 37.4 Å². The summed E-state index contributed by atoms with van der Waals surface area (Å²) in [7, 11) is 1.66. The Morgan fingerprint density at radius 2 is 1.75 bits per heavy atom. The molecule has 1 aliphatic rings. The summed E-state index contributed by atoms with van der Waals surface area (Å²) >= 11 is 0. The van der Waals surface area contributed by atoms with Gasteiger partial charge in [-0.1, -0.05) is 6.07 Å². The van der Waals surface area contributed by atoms with E-state index < -0.39 is 11.9 Å². The molecule has 1 N–H and O–H groups in total. The summed E-state index contributed by atoms with van der Waals surface area (Å²) < 4.78 is 19.8. The van der Waals surface area contributed by atoms with Crippen LogP contribution >= 0.6 is 0 Å². The minimum absolute atomic E-state index is 0.0803. The van der Waals surface area contributed by atoms with Gasteiger partial charge in [-0.2, -0.15) is 0 Å². The second-order valence-electron chi connectivity index (χ2n) is 7.34. The van der Waals surface area contributed by atoms with Crippen molar-refractivity contribution in [1.82, 2.24) is 9.47 Å². The number of aliphatic hydroxyl groups is 1. The van der Waals surface area contributed by atoms with Crippen LogP contribution in [0.3, 0.4) is 0 Å².